The largest absolute Gasteiger partial charge is 0.347 e. The van der Waals surface area contributed by atoms with Crippen LogP contribution in [0.15, 0.2) is 97.1 Å². The summed E-state index contributed by atoms with van der Waals surface area (Å²) < 4.78 is 15.7. The van der Waals surface area contributed by atoms with Crippen molar-refractivity contribution in [2.24, 2.45) is 10.8 Å². The van der Waals surface area contributed by atoms with Gasteiger partial charge in [0.2, 0.25) is 35.4 Å². The number of benzene rings is 4. The summed E-state index contributed by atoms with van der Waals surface area (Å²) in [5.41, 5.74) is 3.70. The van der Waals surface area contributed by atoms with Crippen molar-refractivity contribution in [2.75, 3.05) is 27.2 Å². The van der Waals surface area contributed by atoms with E-state index in [2.05, 4.69) is 38.0 Å². The summed E-state index contributed by atoms with van der Waals surface area (Å²) in [5, 5.41) is 17.9. The molecule has 3 aliphatic rings. The van der Waals surface area contributed by atoms with E-state index in [0.717, 1.165) is 36.0 Å². The van der Waals surface area contributed by atoms with Gasteiger partial charge < -0.3 is 46.6 Å². The molecule has 6 N–H and O–H groups in total. The predicted octanol–water partition coefficient (Wildman–Crippen LogP) is 5.65. The first-order chi connectivity index (χ1) is 36.5. The molecule has 7 rings (SSSR count). The van der Waals surface area contributed by atoms with Gasteiger partial charge in [0.25, 0.3) is 5.91 Å². The second-order valence-electron chi connectivity index (χ2n) is 23.1. The Balaban J connectivity index is 1.14. The normalized spacial score (nSPS) is 19.8. The second kappa shape index (κ2) is 24.6. The molecule has 0 saturated carbocycles. The summed E-state index contributed by atoms with van der Waals surface area (Å²) in [4.78, 5) is 104. The van der Waals surface area contributed by atoms with Gasteiger partial charge in [-0.2, -0.15) is 0 Å². The number of amides is 7. The maximum Gasteiger partial charge on any atom is 0.251 e. The molecular formula is C60H78FN9O7. The zero-order chi connectivity index (χ0) is 55.9. The van der Waals surface area contributed by atoms with Crippen LogP contribution in [0.4, 0.5) is 4.39 Å². The lowest BCUT2D eigenvalue weighted by Crippen LogP contribution is -2.62. The van der Waals surface area contributed by atoms with Crippen LogP contribution >= 0.6 is 0 Å². The van der Waals surface area contributed by atoms with Gasteiger partial charge in [0, 0.05) is 43.2 Å². The molecule has 4 aromatic rings. The number of fused-ring (bicyclic) bond motifs is 2. The summed E-state index contributed by atoms with van der Waals surface area (Å²) in [6.07, 6.45) is 2.85. The molecule has 2 heterocycles. The molecule has 1 aliphatic carbocycles. The molecule has 0 spiro atoms. The SMILES string of the molecule is CNCC(=O)N[C@H](C(=O)N1C[C@@H](NC(=O)c2ccc(CN(C(=O)[C@@H]3Cc4ccccc4CN3C(=O)C(NC(=O)[C@H](C)NC)C(C)(C)C)[C@H](C)c3ccccc3F)cc2)C[C@H]1C(=O)N[C@@H]1CCCc2ccccc21)C(C)(C)C. The Morgan fingerprint density at radius 2 is 1.32 bits per heavy atom. The lowest BCUT2D eigenvalue weighted by atomic mass is 9.84. The molecule has 0 aromatic heterocycles. The third-order valence-corrected chi connectivity index (χ3v) is 15.4. The number of carbonyl (C=O) groups excluding carboxylic acids is 7. The molecule has 16 nitrogen and oxygen atoms in total. The molecule has 0 radical (unpaired) electrons. The Hall–Kier alpha value is -6.98. The number of hydrogen-bond donors (Lipinski definition) is 6. The molecule has 1 unspecified atom stereocenters. The van der Waals surface area contributed by atoms with Gasteiger partial charge in [-0.25, -0.2) is 4.39 Å². The van der Waals surface area contributed by atoms with E-state index in [0.29, 0.717) is 5.56 Å². The highest BCUT2D eigenvalue weighted by Gasteiger charge is 2.47. The molecule has 0 bridgehead atoms. The number of nitrogens with zero attached hydrogens (tertiary/aromatic N) is 3. The van der Waals surface area contributed by atoms with Crippen LogP contribution in [0.3, 0.4) is 0 Å². The fourth-order valence-electron chi connectivity index (χ4n) is 10.8. The number of nitrogens with one attached hydrogen (secondary N) is 6. The maximum atomic E-state index is 15.7. The molecule has 8 atom stereocenters. The zero-order valence-electron chi connectivity index (χ0n) is 46.3. The minimum atomic E-state index is -1.02. The van der Waals surface area contributed by atoms with Crippen LogP contribution in [-0.4, -0.2) is 119 Å². The van der Waals surface area contributed by atoms with Crippen molar-refractivity contribution in [1.29, 1.82) is 0 Å². The van der Waals surface area contributed by atoms with E-state index in [-0.39, 0.29) is 73.9 Å². The van der Waals surface area contributed by atoms with Gasteiger partial charge >= 0.3 is 0 Å². The van der Waals surface area contributed by atoms with Crippen molar-refractivity contribution in [1.82, 2.24) is 46.6 Å². The first kappa shape index (κ1) is 57.7. The number of aryl methyl sites for hydroxylation is 1. The number of carbonyl (C=O) groups is 7. The molecule has 17 heteroatoms. The third kappa shape index (κ3) is 13.6. The van der Waals surface area contributed by atoms with E-state index in [9.17, 15) is 28.8 Å². The topological polar surface area (TPSA) is 201 Å². The summed E-state index contributed by atoms with van der Waals surface area (Å²) in [5.74, 6) is -3.29. The van der Waals surface area contributed by atoms with Crippen LogP contribution in [0, 0.1) is 16.6 Å². The quantitative estimate of drug-likeness (QED) is 0.0774. The third-order valence-electron chi connectivity index (χ3n) is 15.4. The average molecular weight is 1060 g/mol. The summed E-state index contributed by atoms with van der Waals surface area (Å²) >= 11 is 0. The highest BCUT2D eigenvalue weighted by atomic mass is 19.1. The van der Waals surface area contributed by atoms with Gasteiger partial charge in [0.1, 0.15) is 30.0 Å². The molecule has 7 amide bonds. The van der Waals surface area contributed by atoms with Gasteiger partial charge in [-0.3, -0.25) is 33.6 Å². The molecular weight excluding hydrogens is 978 g/mol. The van der Waals surface area contributed by atoms with E-state index in [1.165, 1.54) is 16.5 Å². The van der Waals surface area contributed by atoms with Gasteiger partial charge in [-0.05, 0) is 110 Å². The van der Waals surface area contributed by atoms with E-state index in [4.69, 9.17) is 0 Å². The Kier molecular flexibility index (Phi) is 18.4. The van der Waals surface area contributed by atoms with Crippen molar-refractivity contribution in [3.63, 3.8) is 0 Å². The minimum absolute atomic E-state index is 0.00637. The van der Waals surface area contributed by atoms with Gasteiger partial charge in [0.05, 0.1) is 24.7 Å². The summed E-state index contributed by atoms with van der Waals surface area (Å²) in [6, 6.07) is 22.4. The first-order valence-electron chi connectivity index (χ1n) is 26.9. The summed E-state index contributed by atoms with van der Waals surface area (Å²) in [6.45, 7) is 14.7. The van der Waals surface area contributed by atoms with Crippen LogP contribution in [0.25, 0.3) is 0 Å². The molecule has 412 valence electrons. The standard InChI is InChI=1S/C60H78FN9O7/c1-36(63-10)53(72)67-52(60(6,7)8)58(77)69-34-42-20-12-11-19-41(42)30-49(69)56(75)68(37(2)44-22-15-16-24-46(44)61)33-38-26-28-40(29-27-38)54(73)64-43-31-48(55(74)65-47-25-17-21-39-18-13-14-23-45(39)47)70(35-43)57(76)51(59(3,4)5)66-50(71)32-62-9/h11-16,18-20,22-24,26-29,36-37,43,47-49,51-52,62-63H,17,21,25,30-35H2,1-10H3,(H,64,73)(H,65,74)(H,66,71)(H,67,72)/t36-,37+,43-,47+,48-,49-,51+,52?/m0/s1. The van der Waals surface area contributed by atoms with Gasteiger partial charge in [-0.1, -0.05) is 120 Å². The van der Waals surface area contributed by atoms with E-state index >= 15 is 9.18 Å². The molecule has 4 aromatic carbocycles. The maximum absolute atomic E-state index is 15.7. The average Bonchev–Trinajstić information content (AvgIpc) is 3.83. The lowest BCUT2D eigenvalue weighted by molar-refractivity contribution is -0.152. The van der Waals surface area contributed by atoms with Crippen LogP contribution < -0.4 is 31.9 Å². The van der Waals surface area contributed by atoms with Crippen LogP contribution in [-0.2, 0) is 54.7 Å². The zero-order valence-corrected chi connectivity index (χ0v) is 46.3. The highest BCUT2D eigenvalue weighted by molar-refractivity contribution is 5.97. The molecule has 1 fully saturated rings. The fraction of sp³-hybridized carbons (Fsp3) is 0.483. The van der Waals surface area contributed by atoms with E-state index in [1.807, 2.05) is 84.0 Å². The predicted molar refractivity (Wildman–Crippen MR) is 293 cm³/mol. The van der Waals surface area contributed by atoms with Crippen molar-refractivity contribution in [3.8, 4) is 0 Å². The lowest BCUT2D eigenvalue weighted by Gasteiger charge is -2.43. The smallest absolute Gasteiger partial charge is 0.251 e. The molecule has 1 saturated heterocycles. The van der Waals surface area contributed by atoms with Crippen LogP contribution in [0.5, 0.6) is 0 Å². The second-order valence-corrected chi connectivity index (χ2v) is 23.1. The summed E-state index contributed by atoms with van der Waals surface area (Å²) in [7, 11) is 3.30. The number of hydrogen-bond acceptors (Lipinski definition) is 9. The highest BCUT2D eigenvalue weighted by Crippen LogP contribution is 2.34. The number of likely N-dealkylation sites (N-methyl/N-ethyl adjacent to an activating group) is 2. The van der Waals surface area contributed by atoms with Gasteiger partial charge in [0.15, 0.2) is 0 Å². The molecule has 77 heavy (non-hydrogen) atoms. The van der Waals surface area contributed by atoms with Crippen LogP contribution in [0.1, 0.15) is 130 Å². The molecule has 2 aliphatic heterocycles. The minimum Gasteiger partial charge on any atom is -0.347 e. The Labute approximate surface area is 453 Å². The van der Waals surface area contributed by atoms with Crippen molar-refractivity contribution in [3.05, 3.63) is 142 Å². The Bertz CT molecular complexity index is 2810. The number of halogens is 1. The fourth-order valence-corrected chi connectivity index (χ4v) is 10.8. The van der Waals surface area contributed by atoms with E-state index < -0.39 is 82.6 Å². The van der Waals surface area contributed by atoms with Crippen molar-refractivity contribution < 1.29 is 38.0 Å². The monoisotopic (exact) mass is 1060 g/mol. The number of likely N-dealkylation sites (tertiary alicyclic amines) is 1. The first-order valence-corrected chi connectivity index (χ1v) is 26.9. The Morgan fingerprint density at radius 3 is 1.97 bits per heavy atom. The number of rotatable bonds is 17. The van der Waals surface area contributed by atoms with Crippen molar-refractivity contribution >= 4 is 41.4 Å². The van der Waals surface area contributed by atoms with E-state index in [1.54, 1.807) is 80.2 Å². The van der Waals surface area contributed by atoms with Crippen LogP contribution in [0.2, 0.25) is 0 Å². The van der Waals surface area contributed by atoms with Crippen molar-refractivity contribution in [2.45, 2.75) is 149 Å². The Morgan fingerprint density at radius 1 is 0.714 bits per heavy atom. The van der Waals surface area contributed by atoms with Gasteiger partial charge in [-0.15, -0.1) is 0 Å².